The molecule has 0 saturated heterocycles. The molecule has 0 aromatic carbocycles. The van der Waals surface area contributed by atoms with Crippen molar-refractivity contribution in [2.75, 3.05) is 0 Å². The molecule has 0 bridgehead atoms. The molecule has 0 aliphatic heterocycles. The molecule has 1 rings (SSSR count). The van der Waals surface area contributed by atoms with E-state index in [-0.39, 0.29) is 0 Å². The zero-order valence-electron chi connectivity index (χ0n) is 7.19. The van der Waals surface area contributed by atoms with E-state index in [4.69, 9.17) is 0 Å². The van der Waals surface area contributed by atoms with Crippen LogP contribution >= 0.6 is 0 Å². The summed E-state index contributed by atoms with van der Waals surface area (Å²) >= 11 is 0. The van der Waals surface area contributed by atoms with Gasteiger partial charge in [-0.2, -0.15) is 0 Å². The monoisotopic (exact) mass is 138 g/mol. The largest absolute Gasteiger partial charge is 0.103 e. The van der Waals surface area contributed by atoms with Crippen LogP contribution in [0.5, 0.6) is 0 Å². The molecule has 0 nitrogen and oxygen atoms in total. The predicted molar refractivity (Wildman–Crippen MR) is 45.9 cm³/mol. The second-order valence-corrected chi connectivity index (χ2v) is 4.30. The smallest absolute Gasteiger partial charge is 0.0325 e. The maximum atomic E-state index is 3.77. The third-order valence-corrected chi connectivity index (χ3v) is 2.57. The van der Waals surface area contributed by atoms with E-state index >= 15 is 0 Å². The van der Waals surface area contributed by atoms with E-state index in [1.54, 1.807) is 0 Å². The van der Waals surface area contributed by atoms with Gasteiger partial charge >= 0.3 is 0 Å². The summed E-state index contributed by atoms with van der Waals surface area (Å²) < 4.78 is 0. The molecule has 1 fully saturated rings. The van der Waals surface area contributed by atoms with E-state index < -0.39 is 0 Å². The molecule has 0 spiro atoms. The molecular weight excluding hydrogens is 120 g/mol. The maximum Gasteiger partial charge on any atom is -0.0325 e. The first kappa shape index (κ1) is 7.84. The summed E-state index contributed by atoms with van der Waals surface area (Å²) in [5, 5.41) is 0. The van der Waals surface area contributed by atoms with Crippen LogP contribution in [0.2, 0.25) is 0 Å². The van der Waals surface area contributed by atoms with Gasteiger partial charge in [0.2, 0.25) is 0 Å². The van der Waals surface area contributed by atoms with Gasteiger partial charge in [0.15, 0.2) is 0 Å². The molecule has 0 aromatic rings. The van der Waals surface area contributed by atoms with Crippen molar-refractivity contribution in [1.29, 1.82) is 0 Å². The van der Waals surface area contributed by atoms with E-state index in [2.05, 4.69) is 26.5 Å². The van der Waals surface area contributed by atoms with Gasteiger partial charge in [-0.25, -0.2) is 0 Å². The van der Waals surface area contributed by atoms with E-state index in [0.717, 1.165) is 5.92 Å². The minimum atomic E-state index is 0.619. The topological polar surface area (TPSA) is 0 Å². The molecule has 0 heteroatoms. The Bertz CT molecular complexity index is 122. The van der Waals surface area contributed by atoms with Gasteiger partial charge in [0.05, 0.1) is 0 Å². The second kappa shape index (κ2) is 2.77. The normalized spacial score (nSPS) is 30.4. The lowest BCUT2D eigenvalue weighted by molar-refractivity contribution is 0.361. The molecule has 0 N–H and O–H groups in total. The summed E-state index contributed by atoms with van der Waals surface area (Å²) in [6.07, 6.45) is 7.51. The van der Waals surface area contributed by atoms with Crippen molar-refractivity contribution in [3.05, 3.63) is 12.7 Å². The minimum Gasteiger partial charge on any atom is -0.103 e. The molecule has 1 unspecified atom stereocenters. The summed E-state index contributed by atoms with van der Waals surface area (Å²) in [5.41, 5.74) is 0.619. The van der Waals surface area contributed by atoms with Gasteiger partial charge in [0, 0.05) is 0 Å². The molecule has 0 amide bonds. The summed E-state index contributed by atoms with van der Waals surface area (Å²) in [7, 11) is 0. The first-order valence-electron chi connectivity index (χ1n) is 4.25. The Labute approximate surface area is 64.3 Å². The third kappa shape index (κ3) is 1.86. The highest BCUT2D eigenvalue weighted by atomic mass is 14.3. The number of rotatable bonds is 2. The van der Waals surface area contributed by atoms with Crippen molar-refractivity contribution in [3.63, 3.8) is 0 Å². The number of hydrogen-bond acceptors (Lipinski definition) is 0. The van der Waals surface area contributed by atoms with Crippen molar-refractivity contribution >= 4 is 0 Å². The van der Waals surface area contributed by atoms with Crippen LogP contribution in [-0.4, -0.2) is 0 Å². The molecule has 1 aliphatic carbocycles. The number of hydrogen-bond donors (Lipinski definition) is 0. The van der Waals surface area contributed by atoms with Crippen LogP contribution in [0.1, 0.15) is 39.5 Å². The molecule has 1 atom stereocenters. The first-order valence-corrected chi connectivity index (χ1v) is 4.25. The Morgan fingerprint density at radius 2 is 2.30 bits per heavy atom. The van der Waals surface area contributed by atoms with Gasteiger partial charge in [0.25, 0.3) is 0 Å². The summed E-state index contributed by atoms with van der Waals surface area (Å²) in [6, 6.07) is 0. The van der Waals surface area contributed by atoms with E-state index in [9.17, 15) is 0 Å². The highest BCUT2D eigenvalue weighted by Crippen LogP contribution is 2.42. The molecule has 10 heavy (non-hydrogen) atoms. The zero-order valence-corrected chi connectivity index (χ0v) is 7.19. The standard InChI is InChI=1S/C10H18/c1-4-5-9-6-7-10(2,3)8-9/h4,9H,1,5-8H2,2-3H3. The fourth-order valence-electron chi connectivity index (χ4n) is 2.02. The van der Waals surface area contributed by atoms with Crippen LogP contribution in [0.15, 0.2) is 12.7 Å². The highest BCUT2D eigenvalue weighted by Gasteiger charge is 2.29. The molecule has 1 saturated carbocycles. The Morgan fingerprint density at radius 1 is 1.60 bits per heavy atom. The van der Waals surface area contributed by atoms with E-state index in [0.29, 0.717) is 5.41 Å². The average Bonchev–Trinajstić information content (AvgIpc) is 2.12. The second-order valence-electron chi connectivity index (χ2n) is 4.30. The molecular formula is C10H18. The summed E-state index contributed by atoms with van der Waals surface area (Å²) in [6.45, 7) is 8.51. The Balaban J connectivity index is 2.35. The SMILES string of the molecule is C=CCC1CCC(C)(C)C1. The van der Waals surface area contributed by atoms with E-state index in [1.807, 2.05) is 0 Å². The fraction of sp³-hybridized carbons (Fsp3) is 0.800. The van der Waals surface area contributed by atoms with Crippen LogP contribution in [-0.2, 0) is 0 Å². The Kier molecular flexibility index (Phi) is 2.18. The molecule has 0 radical (unpaired) electrons. The maximum absolute atomic E-state index is 3.77. The minimum absolute atomic E-state index is 0.619. The molecule has 0 heterocycles. The molecule has 0 aromatic heterocycles. The van der Waals surface area contributed by atoms with E-state index in [1.165, 1.54) is 25.7 Å². The fourth-order valence-corrected chi connectivity index (χ4v) is 2.02. The summed E-state index contributed by atoms with van der Waals surface area (Å²) in [4.78, 5) is 0. The zero-order chi connectivity index (χ0) is 7.61. The van der Waals surface area contributed by atoms with Crippen LogP contribution in [0.25, 0.3) is 0 Å². The average molecular weight is 138 g/mol. The highest BCUT2D eigenvalue weighted by molar-refractivity contribution is 4.85. The van der Waals surface area contributed by atoms with Gasteiger partial charge in [0.1, 0.15) is 0 Å². The predicted octanol–water partition coefficient (Wildman–Crippen LogP) is 3.39. The third-order valence-electron chi connectivity index (χ3n) is 2.57. The molecule has 58 valence electrons. The van der Waals surface area contributed by atoms with Crippen molar-refractivity contribution in [1.82, 2.24) is 0 Å². The Morgan fingerprint density at radius 3 is 2.70 bits per heavy atom. The van der Waals surface area contributed by atoms with Gasteiger partial charge in [-0.05, 0) is 37.0 Å². The lowest BCUT2D eigenvalue weighted by Gasteiger charge is -2.16. The van der Waals surface area contributed by atoms with Crippen LogP contribution < -0.4 is 0 Å². The van der Waals surface area contributed by atoms with Gasteiger partial charge in [-0.3, -0.25) is 0 Å². The summed E-state index contributed by atoms with van der Waals surface area (Å²) in [5.74, 6) is 0.937. The van der Waals surface area contributed by atoms with Gasteiger partial charge in [-0.1, -0.05) is 19.9 Å². The van der Waals surface area contributed by atoms with Crippen molar-refractivity contribution < 1.29 is 0 Å². The van der Waals surface area contributed by atoms with Gasteiger partial charge < -0.3 is 0 Å². The van der Waals surface area contributed by atoms with Crippen LogP contribution in [0.3, 0.4) is 0 Å². The number of allylic oxidation sites excluding steroid dienone is 1. The molecule has 1 aliphatic rings. The lowest BCUT2D eigenvalue weighted by atomic mass is 9.90. The van der Waals surface area contributed by atoms with Gasteiger partial charge in [-0.15, -0.1) is 6.58 Å². The van der Waals surface area contributed by atoms with Crippen molar-refractivity contribution in [2.24, 2.45) is 11.3 Å². The van der Waals surface area contributed by atoms with Crippen molar-refractivity contribution in [2.45, 2.75) is 39.5 Å². The quantitative estimate of drug-likeness (QED) is 0.513. The van der Waals surface area contributed by atoms with Crippen LogP contribution in [0, 0.1) is 11.3 Å². The van der Waals surface area contributed by atoms with Crippen LogP contribution in [0.4, 0.5) is 0 Å². The lowest BCUT2D eigenvalue weighted by Crippen LogP contribution is -2.04. The first-order chi connectivity index (χ1) is 4.64. The van der Waals surface area contributed by atoms with Crippen molar-refractivity contribution in [3.8, 4) is 0 Å². The Hall–Kier alpha value is -0.260.